The molecule has 0 atom stereocenters. The van der Waals surface area contributed by atoms with E-state index in [-0.39, 0.29) is 6.61 Å². The summed E-state index contributed by atoms with van der Waals surface area (Å²) in [6.45, 7) is 5.94. The van der Waals surface area contributed by atoms with Crippen molar-refractivity contribution in [3.63, 3.8) is 0 Å². The predicted octanol–water partition coefficient (Wildman–Crippen LogP) is 3.50. The summed E-state index contributed by atoms with van der Waals surface area (Å²) < 4.78 is 10.4. The van der Waals surface area contributed by atoms with E-state index in [4.69, 9.17) is 9.47 Å². The van der Waals surface area contributed by atoms with Crippen LogP contribution in [0.4, 0.5) is 5.69 Å². The number of hydrogen-bond acceptors (Lipinski definition) is 4. The number of anilines is 1. The van der Waals surface area contributed by atoms with Crippen molar-refractivity contribution in [3.05, 3.63) is 59.2 Å². The zero-order valence-corrected chi connectivity index (χ0v) is 14.1. The summed E-state index contributed by atoms with van der Waals surface area (Å²) >= 11 is 0. The number of carbonyl (C=O) groups is 2. The van der Waals surface area contributed by atoms with Crippen LogP contribution in [-0.4, -0.2) is 25.1 Å². The van der Waals surface area contributed by atoms with Crippen molar-refractivity contribution in [2.45, 2.75) is 20.8 Å². The van der Waals surface area contributed by atoms with Crippen LogP contribution in [0.15, 0.2) is 42.5 Å². The van der Waals surface area contributed by atoms with E-state index < -0.39 is 11.9 Å². The van der Waals surface area contributed by atoms with Crippen LogP contribution in [0.2, 0.25) is 0 Å². The van der Waals surface area contributed by atoms with Gasteiger partial charge in [0.25, 0.3) is 5.91 Å². The first kappa shape index (κ1) is 17.5. The Morgan fingerprint density at radius 2 is 1.75 bits per heavy atom. The van der Waals surface area contributed by atoms with Gasteiger partial charge in [0.1, 0.15) is 5.75 Å². The van der Waals surface area contributed by atoms with E-state index in [2.05, 4.69) is 5.32 Å². The summed E-state index contributed by atoms with van der Waals surface area (Å²) in [5.74, 6) is -0.164. The maximum atomic E-state index is 12.0. The molecular weight excluding hydrogens is 306 g/mol. The first-order chi connectivity index (χ1) is 11.5. The minimum Gasteiger partial charge on any atom is -0.494 e. The number of rotatable bonds is 6. The van der Waals surface area contributed by atoms with Gasteiger partial charge in [0.2, 0.25) is 0 Å². The van der Waals surface area contributed by atoms with E-state index in [0.29, 0.717) is 17.9 Å². The lowest BCUT2D eigenvalue weighted by Crippen LogP contribution is -2.21. The van der Waals surface area contributed by atoms with Gasteiger partial charge in [0, 0.05) is 5.69 Å². The summed E-state index contributed by atoms with van der Waals surface area (Å²) in [5.41, 5.74) is 2.98. The number of nitrogens with one attached hydrogen (secondary N) is 1. The summed E-state index contributed by atoms with van der Waals surface area (Å²) in [5, 5.41) is 2.67. The quantitative estimate of drug-likeness (QED) is 0.825. The Balaban J connectivity index is 1.87. The van der Waals surface area contributed by atoms with E-state index in [1.54, 1.807) is 30.3 Å². The lowest BCUT2D eigenvalue weighted by molar-refractivity contribution is -0.119. The van der Waals surface area contributed by atoms with Crippen molar-refractivity contribution in [2.24, 2.45) is 0 Å². The van der Waals surface area contributed by atoms with Gasteiger partial charge in [-0.15, -0.1) is 0 Å². The molecule has 0 aliphatic carbocycles. The molecule has 0 fully saturated rings. The SMILES string of the molecule is CCOc1ccc(NC(=O)COC(=O)c2ccc(C)cc2C)cc1. The molecule has 0 heterocycles. The summed E-state index contributed by atoms with van der Waals surface area (Å²) in [6.07, 6.45) is 0. The molecule has 24 heavy (non-hydrogen) atoms. The molecule has 0 radical (unpaired) electrons. The Kier molecular flexibility index (Phi) is 5.95. The third-order valence-electron chi connectivity index (χ3n) is 3.39. The van der Waals surface area contributed by atoms with Gasteiger partial charge in [0.05, 0.1) is 12.2 Å². The first-order valence-corrected chi connectivity index (χ1v) is 7.76. The van der Waals surface area contributed by atoms with Gasteiger partial charge in [-0.2, -0.15) is 0 Å². The van der Waals surface area contributed by atoms with Crippen LogP contribution in [0, 0.1) is 13.8 Å². The number of esters is 1. The second-order valence-electron chi connectivity index (χ2n) is 5.40. The topological polar surface area (TPSA) is 64.6 Å². The van der Waals surface area contributed by atoms with Gasteiger partial charge in [-0.3, -0.25) is 4.79 Å². The fourth-order valence-corrected chi connectivity index (χ4v) is 2.25. The number of aryl methyl sites for hydroxylation is 2. The number of benzene rings is 2. The highest BCUT2D eigenvalue weighted by molar-refractivity contribution is 5.96. The van der Waals surface area contributed by atoms with Crippen molar-refractivity contribution >= 4 is 17.6 Å². The van der Waals surface area contributed by atoms with Crippen molar-refractivity contribution in [1.29, 1.82) is 0 Å². The lowest BCUT2D eigenvalue weighted by Gasteiger charge is -2.09. The van der Waals surface area contributed by atoms with Crippen LogP contribution in [0.5, 0.6) is 5.75 Å². The van der Waals surface area contributed by atoms with Crippen molar-refractivity contribution in [3.8, 4) is 5.75 Å². The van der Waals surface area contributed by atoms with Crippen LogP contribution >= 0.6 is 0 Å². The van der Waals surface area contributed by atoms with Crippen molar-refractivity contribution < 1.29 is 19.1 Å². The summed E-state index contributed by atoms with van der Waals surface area (Å²) in [6, 6.07) is 12.4. The van der Waals surface area contributed by atoms with E-state index in [1.807, 2.05) is 32.9 Å². The first-order valence-electron chi connectivity index (χ1n) is 7.76. The molecule has 0 bridgehead atoms. The Morgan fingerprint density at radius 1 is 1.04 bits per heavy atom. The molecule has 2 aromatic carbocycles. The zero-order valence-electron chi connectivity index (χ0n) is 14.1. The second-order valence-corrected chi connectivity index (χ2v) is 5.40. The number of carbonyl (C=O) groups excluding carboxylic acids is 2. The molecular formula is C19H21NO4. The molecule has 0 unspecified atom stereocenters. The highest BCUT2D eigenvalue weighted by Crippen LogP contribution is 2.16. The van der Waals surface area contributed by atoms with Gasteiger partial charge < -0.3 is 14.8 Å². The maximum absolute atomic E-state index is 12.0. The average molecular weight is 327 g/mol. The molecule has 0 spiro atoms. The third-order valence-corrected chi connectivity index (χ3v) is 3.39. The van der Waals surface area contributed by atoms with Crippen molar-refractivity contribution in [1.82, 2.24) is 0 Å². The molecule has 2 rings (SSSR count). The molecule has 126 valence electrons. The maximum Gasteiger partial charge on any atom is 0.338 e. The molecule has 5 nitrogen and oxygen atoms in total. The molecule has 1 amide bonds. The Bertz CT molecular complexity index is 723. The predicted molar refractivity (Wildman–Crippen MR) is 92.4 cm³/mol. The fraction of sp³-hybridized carbons (Fsp3) is 0.263. The molecule has 0 aliphatic heterocycles. The van der Waals surface area contributed by atoms with Crippen LogP contribution in [0.25, 0.3) is 0 Å². The monoisotopic (exact) mass is 327 g/mol. The molecule has 1 N–H and O–H groups in total. The fourth-order valence-electron chi connectivity index (χ4n) is 2.25. The average Bonchev–Trinajstić information content (AvgIpc) is 2.55. The van der Waals surface area contributed by atoms with E-state index >= 15 is 0 Å². The van der Waals surface area contributed by atoms with Crippen LogP contribution in [0.1, 0.15) is 28.4 Å². The summed E-state index contributed by atoms with van der Waals surface area (Å²) in [4.78, 5) is 23.9. The third kappa shape index (κ3) is 4.84. The number of ether oxygens (including phenoxy) is 2. The van der Waals surface area contributed by atoms with Gasteiger partial charge in [-0.25, -0.2) is 4.79 Å². The molecule has 5 heteroatoms. The lowest BCUT2D eigenvalue weighted by atomic mass is 10.1. The highest BCUT2D eigenvalue weighted by atomic mass is 16.5. The summed E-state index contributed by atoms with van der Waals surface area (Å²) in [7, 11) is 0. The smallest absolute Gasteiger partial charge is 0.338 e. The van der Waals surface area contributed by atoms with Gasteiger partial charge >= 0.3 is 5.97 Å². The van der Waals surface area contributed by atoms with Crippen LogP contribution in [0.3, 0.4) is 0 Å². The molecule has 0 aromatic heterocycles. The molecule has 0 saturated heterocycles. The Labute approximate surface area is 141 Å². The minimum atomic E-state index is -0.505. The Hall–Kier alpha value is -2.82. The number of amides is 1. The molecule has 2 aromatic rings. The number of hydrogen-bond donors (Lipinski definition) is 1. The van der Waals surface area contributed by atoms with E-state index in [1.165, 1.54) is 0 Å². The normalized spacial score (nSPS) is 10.1. The standard InChI is InChI=1S/C19H21NO4/c1-4-23-16-8-6-15(7-9-16)20-18(21)12-24-19(22)17-10-5-13(2)11-14(17)3/h5-11H,4,12H2,1-3H3,(H,20,21). The van der Waals surface area contributed by atoms with Gasteiger partial charge in [-0.1, -0.05) is 17.7 Å². The Morgan fingerprint density at radius 3 is 2.38 bits per heavy atom. The minimum absolute atomic E-state index is 0.334. The van der Waals surface area contributed by atoms with E-state index in [9.17, 15) is 9.59 Å². The molecule has 0 aliphatic rings. The zero-order chi connectivity index (χ0) is 17.5. The second kappa shape index (κ2) is 8.15. The van der Waals surface area contributed by atoms with Gasteiger partial charge in [0.15, 0.2) is 6.61 Å². The van der Waals surface area contributed by atoms with Crippen LogP contribution < -0.4 is 10.1 Å². The molecule has 0 saturated carbocycles. The van der Waals surface area contributed by atoms with Crippen LogP contribution in [-0.2, 0) is 9.53 Å². The van der Waals surface area contributed by atoms with Crippen molar-refractivity contribution in [2.75, 3.05) is 18.5 Å². The highest BCUT2D eigenvalue weighted by Gasteiger charge is 2.12. The largest absolute Gasteiger partial charge is 0.494 e. The van der Waals surface area contributed by atoms with Gasteiger partial charge in [-0.05, 0) is 56.7 Å². The van der Waals surface area contributed by atoms with E-state index in [0.717, 1.165) is 16.9 Å².